The van der Waals surface area contributed by atoms with E-state index in [0.29, 0.717) is 11.1 Å². The summed E-state index contributed by atoms with van der Waals surface area (Å²) in [5.41, 5.74) is 1.30. The number of fused-ring (bicyclic) bond motifs is 3. The fourth-order valence-corrected chi connectivity index (χ4v) is 3.21. The molecule has 7 heteroatoms. The van der Waals surface area contributed by atoms with Crippen molar-refractivity contribution in [3.63, 3.8) is 0 Å². The van der Waals surface area contributed by atoms with Crippen LogP contribution in [0.3, 0.4) is 0 Å². The van der Waals surface area contributed by atoms with E-state index in [1.54, 1.807) is 37.4 Å². The van der Waals surface area contributed by atoms with Crippen LogP contribution in [0.25, 0.3) is 21.7 Å². The first-order valence-electron chi connectivity index (χ1n) is 9.53. The largest absolute Gasteiger partial charge is 0.497 e. The number of carbonyl (C=O) groups is 1. The molecule has 0 fully saturated rings. The van der Waals surface area contributed by atoms with E-state index >= 15 is 0 Å². The number of carbonyl (C=O) groups excluding carboxylic acids is 1. The summed E-state index contributed by atoms with van der Waals surface area (Å²) in [5, 5.41) is 6.41. The Labute approximate surface area is 177 Å². The highest BCUT2D eigenvalue weighted by Crippen LogP contribution is 2.27. The number of nitrogens with zero attached hydrogens (tertiary/aromatic N) is 1. The summed E-state index contributed by atoms with van der Waals surface area (Å²) < 4.78 is 15.7. The zero-order chi connectivity index (χ0) is 21.6. The predicted molar refractivity (Wildman–Crippen MR) is 116 cm³/mol. The maximum absolute atomic E-state index is 12.1. The minimum absolute atomic E-state index is 0.0828. The molecule has 0 aliphatic heterocycles. The molecule has 4 aromatic rings. The normalized spacial score (nSPS) is 11.1. The smallest absolute Gasteiger partial charge is 0.347 e. The van der Waals surface area contributed by atoms with Gasteiger partial charge in [-0.2, -0.15) is 0 Å². The molecule has 0 amide bonds. The molecule has 7 nitrogen and oxygen atoms in total. The van der Waals surface area contributed by atoms with E-state index in [1.807, 2.05) is 30.3 Å². The van der Waals surface area contributed by atoms with Gasteiger partial charge in [0.25, 0.3) is 0 Å². The predicted octanol–water partition coefficient (Wildman–Crippen LogP) is 4.05. The maximum atomic E-state index is 12.1. The van der Waals surface area contributed by atoms with Crippen molar-refractivity contribution in [2.45, 2.75) is 6.61 Å². The fraction of sp³-hybridized carbons (Fsp3) is 0.125. The first kappa shape index (κ1) is 20.2. The Bertz CT molecular complexity index is 1310. The Morgan fingerprint density at radius 2 is 1.87 bits per heavy atom. The van der Waals surface area contributed by atoms with Crippen LogP contribution in [0.5, 0.6) is 5.75 Å². The number of methoxy groups -OCH3 is 1. The number of benzene rings is 3. The molecule has 0 saturated carbocycles. The third-order valence-corrected chi connectivity index (χ3v) is 4.68. The van der Waals surface area contributed by atoms with Crippen molar-refractivity contribution in [3.05, 3.63) is 88.3 Å². The highest BCUT2D eigenvalue weighted by molar-refractivity contribution is 6.07. The van der Waals surface area contributed by atoms with Crippen molar-refractivity contribution in [3.8, 4) is 5.75 Å². The van der Waals surface area contributed by atoms with Crippen LogP contribution in [-0.4, -0.2) is 25.9 Å². The van der Waals surface area contributed by atoms with Crippen molar-refractivity contribution < 1.29 is 23.5 Å². The summed E-state index contributed by atoms with van der Waals surface area (Å²) >= 11 is 0. The molecule has 0 bridgehead atoms. The lowest BCUT2D eigenvalue weighted by molar-refractivity contribution is -0.150. The summed E-state index contributed by atoms with van der Waals surface area (Å²) in [5.74, 6) is 0.130. The van der Waals surface area contributed by atoms with Gasteiger partial charge in [0.05, 0.1) is 13.3 Å². The van der Waals surface area contributed by atoms with E-state index in [2.05, 4.69) is 5.16 Å². The van der Waals surface area contributed by atoms with Gasteiger partial charge < -0.3 is 18.7 Å². The highest BCUT2D eigenvalue weighted by atomic mass is 16.6. The number of ether oxygens (including phenoxy) is 2. The lowest BCUT2D eigenvalue weighted by atomic mass is 10.0. The van der Waals surface area contributed by atoms with Crippen LogP contribution in [0, 0.1) is 0 Å². The van der Waals surface area contributed by atoms with E-state index in [1.165, 1.54) is 12.3 Å². The molecule has 4 rings (SSSR count). The number of rotatable bonds is 7. The SMILES string of the molecule is COc1ccc(/C=N\OCC(=O)OCc2cc(=O)oc3ccc4ccccc4c23)cc1. The van der Waals surface area contributed by atoms with E-state index in [-0.39, 0.29) is 13.2 Å². The van der Waals surface area contributed by atoms with Crippen LogP contribution in [0.15, 0.2) is 81.1 Å². The first-order valence-corrected chi connectivity index (χ1v) is 9.53. The van der Waals surface area contributed by atoms with Crippen LogP contribution in [0.2, 0.25) is 0 Å². The molecule has 0 atom stereocenters. The number of hydrogen-bond donors (Lipinski definition) is 0. The monoisotopic (exact) mass is 417 g/mol. The van der Waals surface area contributed by atoms with Crippen molar-refractivity contribution in [2.24, 2.45) is 5.16 Å². The first-order chi connectivity index (χ1) is 15.1. The fourth-order valence-electron chi connectivity index (χ4n) is 3.21. The van der Waals surface area contributed by atoms with Crippen LogP contribution >= 0.6 is 0 Å². The molecule has 0 N–H and O–H groups in total. The standard InChI is InChI=1S/C24H19NO6/c1-28-19-9-6-16(7-10-19)13-25-30-15-23(27)29-14-18-12-22(26)31-21-11-8-17-4-2-3-5-20(17)24(18)21/h2-13H,14-15H2,1H3/b25-13-. The van der Waals surface area contributed by atoms with Gasteiger partial charge in [0.15, 0.2) is 0 Å². The summed E-state index contributed by atoms with van der Waals surface area (Å²) in [7, 11) is 1.59. The maximum Gasteiger partial charge on any atom is 0.347 e. The lowest BCUT2D eigenvalue weighted by Crippen LogP contribution is -2.12. The molecule has 0 spiro atoms. The molecular weight excluding hydrogens is 398 g/mol. The third kappa shape index (κ3) is 4.72. The molecule has 0 aliphatic carbocycles. The molecule has 0 saturated heterocycles. The molecule has 1 heterocycles. The average Bonchev–Trinajstić information content (AvgIpc) is 2.80. The summed E-state index contributed by atoms with van der Waals surface area (Å²) in [4.78, 5) is 29.0. The number of oxime groups is 1. The van der Waals surface area contributed by atoms with Gasteiger partial charge in [-0.3, -0.25) is 0 Å². The Balaban J connectivity index is 1.41. The Morgan fingerprint density at radius 1 is 1.06 bits per heavy atom. The van der Waals surface area contributed by atoms with Crippen LogP contribution in [0.1, 0.15) is 11.1 Å². The van der Waals surface area contributed by atoms with Gasteiger partial charge in [-0.1, -0.05) is 35.5 Å². The molecule has 3 aromatic carbocycles. The van der Waals surface area contributed by atoms with E-state index in [9.17, 15) is 9.59 Å². The third-order valence-electron chi connectivity index (χ3n) is 4.68. The van der Waals surface area contributed by atoms with Crippen molar-refractivity contribution in [1.82, 2.24) is 0 Å². The summed E-state index contributed by atoms with van der Waals surface area (Å²) in [6.07, 6.45) is 1.48. The minimum atomic E-state index is -0.603. The summed E-state index contributed by atoms with van der Waals surface area (Å²) in [6, 6.07) is 19.9. The van der Waals surface area contributed by atoms with Crippen LogP contribution < -0.4 is 10.4 Å². The van der Waals surface area contributed by atoms with Gasteiger partial charge in [-0.15, -0.1) is 0 Å². The van der Waals surface area contributed by atoms with Crippen molar-refractivity contribution in [1.29, 1.82) is 0 Å². The highest BCUT2D eigenvalue weighted by Gasteiger charge is 2.12. The molecule has 0 aliphatic rings. The van der Waals surface area contributed by atoms with Crippen LogP contribution in [0.4, 0.5) is 0 Å². The average molecular weight is 417 g/mol. The van der Waals surface area contributed by atoms with Crippen molar-refractivity contribution in [2.75, 3.05) is 13.7 Å². The quantitative estimate of drug-likeness (QED) is 0.148. The zero-order valence-electron chi connectivity index (χ0n) is 16.7. The molecule has 31 heavy (non-hydrogen) atoms. The minimum Gasteiger partial charge on any atom is -0.497 e. The molecule has 1 aromatic heterocycles. The van der Waals surface area contributed by atoms with Gasteiger partial charge in [0, 0.05) is 17.0 Å². The topological polar surface area (TPSA) is 87.3 Å². The van der Waals surface area contributed by atoms with Gasteiger partial charge in [0.1, 0.15) is 17.9 Å². The second-order valence-electron chi connectivity index (χ2n) is 6.69. The molecule has 0 radical (unpaired) electrons. The number of esters is 1. The molecule has 156 valence electrons. The van der Waals surface area contributed by atoms with Gasteiger partial charge >= 0.3 is 11.6 Å². The Hall–Kier alpha value is -4.13. The van der Waals surface area contributed by atoms with Crippen molar-refractivity contribution >= 4 is 33.9 Å². The Kier molecular flexibility index (Phi) is 5.93. The van der Waals surface area contributed by atoms with E-state index < -0.39 is 11.6 Å². The number of hydrogen-bond acceptors (Lipinski definition) is 7. The zero-order valence-corrected chi connectivity index (χ0v) is 16.7. The van der Waals surface area contributed by atoms with Gasteiger partial charge in [-0.25, -0.2) is 9.59 Å². The summed E-state index contributed by atoms with van der Waals surface area (Å²) in [6.45, 7) is -0.437. The van der Waals surface area contributed by atoms with Gasteiger partial charge in [0.2, 0.25) is 6.61 Å². The lowest BCUT2D eigenvalue weighted by Gasteiger charge is -2.09. The van der Waals surface area contributed by atoms with E-state index in [0.717, 1.165) is 27.5 Å². The van der Waals surface area contributed by atoms with Gasteiger partial charge in [-0.05, 0) is 46.7 Å². The van der Waals surface area contributed by atoms with E-state index in [4.69, 9.17) is 18.7 Å². The molecular formula is C24H19NO6. The second kappa shape index (κ2) is 9.13. The second-order valence-corrected chi connectivity index (χ2v) is 6.69. The van der Waals surface area contributed by atoms with Crippen LogP contribution in [-0.2, 0) is 21.0 Å². The molecule has 0 unspecified atom stereocenters. The Morgan fingerprint density at radius 3 is 2.68 bits per heavy atom.